The molecule has 38 heavy (non-hydrogen) atoms. The van der Waals surface area contributed by atoms with Crippen molar-refractivity contribution in [3.05, 3.63) is 92.7 Å². The summed E-state index contributed by atoms with van der Waals surface area (Å²) < 4.78 is 45.6. The van der Waals surface area contributed by atoms with Gasteiger partial charge in [0.15, 0.2) is 0 Å². The molecule has 1 atom stereocenters. The summed E-state index contributed by atoms with van der Waals surface area (Å²) in [6, 6.07) is 12.3. The number of aliphatic hydroxyl groups is 1. The SMILES string of the molecule is CCOc1ccc(/C(O)=C2/C(=O)C(=O)N(Cc3cccc(C(F)(F)F)c3)C2c2cccs2)cc1C(C)(C)C. The monoisotopic (exact) mass is 543 g/mol. The zero-order valence-corrected chi connectivity index (χ0v) is 22.2. The zero-order chi connectivity index (χ0) is 27.8. The second-order valence-electron chi connectivity index (χ2n) is 10.0. The molecule has 1 fully saturated rings. The highest BCUT2D eigenvalue weighted by molar-refractivity contribution is 7.10. The van der Waals surface area contributed by atoms with Gasteiger partial charge in [0.2, 0.25) is 0 Å². The Morgan fingerprint density at radius 1 is 1.05 bits per heavy atom. The lowest BCUT2D eigenvalue weighted by atomic mass is 9.84. The topological polar surface area (TPSA) is 66.8 Å². The van der Waals surface area contributed by atoms with Crippen LogP contribution in [-0.4, -0.2) is 28.3 Å². The number of aliphatic hydroxyl groups excluding tert-OH is 1. The van der Waals surface area contributed by atoms with Crippen molar-refractivity contribution in [1.82, 2.24) is 4.90 Å². The Kier molecular flexibility index (Phi) is 7.43. The number of nitrogens with zero attached hydrogens (tertiary/aromatic N) is 1. The van der Waals surface area contributed by atoms with E-state index in [4.69, 9.17) is 4.74 Å². The Morgan fingerprint density at radius 3 is 2.39 bits per heavy atom. The van der Waals surface area contributed by atoms with E-state index in [0.717, 1.165) is 17.7 Å². The van der Waals surface area contributed by atoms with Crippen LogP contribution in [0, 0.1) is 0 Å². The van der Waals surface area contributed by atoms with Crippen molar-refractivity contribution >= 4 is 28.8 Å². The van der Waals surface area contributed by atoms with Crippen molar-refractivity contribution in [2.75, 3.05) is 6.61 Å². The standard InChI is InChI=1S/C29H28F3NO4S/c1-5-37-21-12-11-18(15-20(21)28(2,3)4)25(34)23-24(22-10-7-13-38-22)33(27(36)26(23)35)16-17-8-6-9-19(14-17)29(30,31)32/h6-15,24,34H,5,16H2,1-4H3/b25-23-. The van der Waals surface area contributed by atoms with Gasteiger partial charge in [-0.25, -0.2) is 0 Å². The molecule has 4 rings (SSSR count). The molecule has 0 saturated carbocycles. The number of ketones is 1. The number of benzene rings is 2. The van der Waals surface area contributed by atoms with Crippen LogP contribution in [0.1, 0.15) is 60.9 Å². The van der Waals surface area contributed by atoms with Crippen molar-refractivity contribution < 1.29 is 32.6 Å². The summed E-state index contributed by atoms with van der Waals surface area (Å²) >= 11 is 1.29. The smallest absolute Gasteiger partial charge is 0.416 e. The Labute approximate surface area is 223 Å². The van der Waals surface area contributed by atoms with E-state index < -0.39 is 29.5 Å². The number of carbonyl (C=O) groups is 2. The molecule has 2 heterocycles. The molecule has 3 aromatic rings. The lowest BCUT2D eigenvalue weighted by Gasteiger charge is -2.25. The summed E-state index contributed by atoms with van der Waals surface area (Å²) in [6.45, 7) is 8.07. The minimum absolute atomic E-state index is 0.103. The summed E-state index contributed by atoms with van der Waals surface area (Å²) in [5.41, 5.74) is 0.0892. The average Bonchev–Trinajstić information content (AvgIpc) is 3.46. The molecule has 1 N–H and O–H groups in total. The largest absolute Gasteiger partial charge is 0.507 e. The van der Waals surface area contributed by atoms with Crippen LogP contribution in [0.3, 0.4) is 0 Å². The maximum atomic E-state index is 13.3. The number of halogens is 3. The molecule has 0 bridgehead atoms. The fourth-order valence-corrected chi connectivity index (χ4v) is 5.37. The Balaban J connectivity index is 1.83. The molecule has 9 heteroatoms. The summed E-state index contributed by atoms with van der Waals surface area (Å²) in [4.78, 5) is 28.3. The van der Waals surface area contributed by atoms with Gasteiger partial charge in [-0.1, -0.05) is 39.0 Å². The summed E-state index contributed by atoms with van der Waals surface area (Å²) in [5, 5.41) is 13.2. The minimum atomic E-state index is -4.55. The minimum Gasteiger partial charge on any atom is -0.507 e. The first kappa shape index (κ1) is 27.4. The first-order chi connectivity index (χ1) is 17.8. The molecule has 0 spiro atoms. The highest BCUT2D eigenvalue weighted by Gasteiger charge is 2.46. The first-order valence-corrected chi connectivity index (χ1v) is 13.0. The van der Waals surface area contributed by atoms with E-state index in [9.17, 15) is 27.9 Å². The number of Topliss-reactive ketones (excluding diaryl/α,β-unsaturated/α-hetero) is 1. The Morgan fingerprint density at radius 2 is 1.79 bits per heavy atom. The molecule has 1 unspecified atom stereocenters. The van der Waals surface area contributed by atoms with Crippen molar-refractivity contribution in [1.29, 1.82) is 0 Å². The Bertz CT molecular complexity index is 1390. The molecule has 2 aromatic carbocycles. The van der Waals surface area contributed by atoms with Gasteiger partial charge in [-0.3, -0.25) is 9.59 Å². The van der Waals surface area contributed by atoms with E-state index in [2.05, 4.69) is 0 Å². The normalized spacial score (nSPS) is 17.8. The van der Waals surface area contributed by atoms with Crippen LogP contribution in [0.25, 0.3) is 5.76 Å². The van der Waals surface area contributed by atoms with Gasteiger partial charge in [0.1, 0.15) is 11.5 Å². The number of hydrogen-bond donors (Lipinski definition) is 1. The lowest BCUT2D eigenvalue weighted by Crippen LogP contribution is -2.29. The van der Waals surface area contributed by atoms with Crippen molar-refractivity contribution in [2.45, 2.75) is 51.9 Å². The van der Waals surface area contributed by atoms with Crippen molar-refractivity contribution in [3.8, 4) is 5.75 Å². The quantitative estimate of drug-likeness (QED) is 0.205. The zero-order valence-electron chi connectivity index (χ0n) is 21.4. The van der Waals surface area contributed by atoms with E-state index in [0.29, 0.717) is 22.8 Å². The van der Waals surface area contributed by atoms with Gasteiger partial charge >= 0.3 is 6.18 Å². The first-order valence-electron chi connectivity index (χ1n) is 12.1. The van der Waals surface area contributed by atoms with Crippen LogP contribution in [0.5, 0.6) is 5.75 Å². The van der Waals surface area contributed by atoms with Crippen LogP contribution in [-0.2, 0) is 27.7 Å². The van der Waals surface area contributed by atoms with E-state index in [1.807, 2.05) is 27.7 Å². The summed E-state index contributed by atoms with van der Waals surface area (Å²) in [6.07, 6.45) is -4.55. The molecular weight excluding hydrogens is 515 g/mol. The molecule has 1 amide bonds. The number of carbonyl (C=O) groups excluding carboxylic acids is 2. The van der Waals surface area contributed by atoms with Gasteiger partial charge in [0.25, 0.3) is 11.7 Å². The van der Waals surface area contributed by atoms with Gasteiger partial charge in [0, 0.05) is 22.5 Å². The maximum absolute atomic E-state index is 13.3. The lowest BCUT2D eigenvalue weighted by molar-refractivity contribution is -0.140. The molecule has 1 aliphatic rings. The van der Waals surface area contributed by atoms with Crippen LogP contribution < -0.4 is 4.74 Å². The maximum Gasteiger partial charge on any atom is 0.416 e. The number of amides is 1. The van der Waals surface area contributed by atoms with Gasteiger partial charge in [-0.15, -0.1) is 11.3 Å². The van der Waals surface area contributed by atoms with Crippen molar-refractivity contribution in [2.24, 2.45) is 0 Å². The van der Waals surface area contributed by atoms with Gasteiger partial charge in [0.05, 0.1) is 23.8 Å². The van der Waals surface area contributed by atoms with Crippen molar-refractivity contribution in [3.63, 3.8) is 0 Å². The molecule has 1 saturated heterocycles. The fraction of sp³-hybridized carbons (Fsp3) is 0.310. The van der Waals surface area contributed by atoms with E-state index in [-0.39, 0.29) is 28.9 Å². The molecule has 0 aliphatic carbocycles. The van der Waals surface area contributed by atoms with Crippen LogP contribution in [0.15, 0.2) is 65.6 Å². The molecule has 0 radical (unpaired) electrons. The Hall–Kier alpha value is -3.59. The molecular formula is C29H28F3NO4S. The van der Waals surface area contributed by atoms with Crippen LogP contribution >= 0.6 is 11.3 Å². The van der Waals surface area contributed by atoms with Crippen LogP contribution in [0.2, 0.25) is 0 Å². The second-order valence-corrected chi connectivity index (χ2v) is 11.0. The van der Waals surface area contributed by atoms with Gasteiger partial charge in [-0.2, -0.15) is 13.2 Å². The summed E-state index contributed by atoms with van der Waals surface area (Å²) in [5.74, 6) is -1.47. The highest BCUT2D eigenvalue weighted by Crippen LogP contribution is 2.43. The number of rotatable bonds is 6. The number of hydrogen-bond acceptors (Lipinski definition) is 5. The van der Waals surface area contributed by atoms with E-state index >= 15 is 0 Å². The molecule has 1 aliphatic heterocycles. The predicted molar refractivity (Wildman–Crippen MR) is 140 cm³/mol. The van der Waals surface area contributed by atoms with Gasteiger partial charge in [-0.05, 0) is 59.7 Å². The number of ether oxygens (including phenoxy) is 1. The fourth-order valence-electron chi connectivity index (χ4n) is 4.53. The molecule has 5 nitrogen and oxygen atoms in total. The summed E-state index contributed by atoms with van der Waals surface area (Å²) in [7, 11) is 0. The number of likely N-dealkylation sites (tertiary alicyclic amines) is 1. The third-order valence-corrected chi connectivity index (χ3v) is 7.25. The third-order valence-electron chi connectivity index (χ3n) is 6.32. The second kappa shape index (κ2) is 10.3. The van der Waals surface area contributed by atoms with Gasteiger partial charge < -0.3 is 14.7 Å². The van der Waals surface area contributed by atoms with Crippen LogP contribution in [0.4, 0.5) is 13.2 Å². The van der Waals surface area contributed by atoms with E-state index in [1.54, 1.807) is 35.7 Å². The average molecular weight is 544 g/mol. The van der Waals surface area contributed by atoms with E-state index in [1.165, 1.54) is 28.4 Å². The molecule has 1 aromatic heterocycles. The molecule has 200 valence electrons. The highest BCUT2D eigenvalue weighted by atomic mass is 32.1. The number of alkyl halides is 3. The number of thiophene rings is 1. The third kappa shape index (κ3) is 5.34. The predicted octanol–water partition coefficient (Wildman–Crippen LogP) is 7.09.